The summed E-state index contributed by atoms with van der Waals surface area (Å²) in [6.45, 7) is 9.95. The average Bonchev–Trinajstić information content (AvgIpc) is 2.53. The number of carboxylic acid groups (broad SMARTS) is 1. The normalized spacial score (nSPS) is 39.4. The summed E-state index contributed by atoms with van der Waals surface area (Å²) in [6, 6.07) is 0. The summed E-state index contributed by atoms with van der Waals surface area (Å²) >= 11 is 0. The van der Waals surface area contributed by atoms with E-state index in [1.54, 1.807) is 0 Å². The van der Waals surface area contributed by atoms with Gasteiger partial charge in [0.15, 0.2) is 0 Å². The molecule has 3 aliphatic rings. The van der Waals surface area contributed by atoms with E-state index in [0.717, 1.165) is 32.1 Å². The Hall–Kier alpha value is -1.58. The Morgan fingerprint density at radius 1 is 1.27 bits per heavy atom. The molecule has 0 aromatic carbocycles. The second kappa shape index (κ2) is 6.54. The van der Waals surface area contributed by atoms with E-state index < -0.39 is 11.4 Å². The van der Waals surface area contributed by atoms with Crippen molar-refractivity contribution in [3.63, 3.8) is 0 Å². The van der Waals surface area contributed by atoms with E-state index in [0.29, 0.717) is 5.92 Å². The third kappa shape index (κ3) is 2.91. The van der Waals surface area contributed by atoms with Gasteiger partial charge >= 0.3 is 11.9 Å². The molecular formula is C22H32O4. The molecular weight excluding hydrogens is 328 g/mol. The lowest BCUT2D eigenvalue weighted by atomic mass is 9.46. The van der Waals surface area contributed by atoms with E-state index in [1.165, 1.54) is 18.1 Å². The minimum absolute atomic E-state index is 0.0626. The summed E-state index contributed by atoms with van der Waals surface area (Å²) in [5.74, 6) is -0.210. The molecule has 0 saturated heterocycles. The van der Waals surface area contributed by atoms with E-state index >= 15 is 0 Å². The minimum atomic E-state index is -0.673. The van der Waals surface area contributed by atoms with Crippen LogP contribution in [0.25, 0.3) is 0 Å². The van der Waals surface area contributed by atoms with Gasteiger partial charge in [-0.3, -0.25) is 9.59 Å². The highest BCUT2D eigenvalue weighted by Gasteiger charge is 2.58. The van der Waals surface area contributed by atoms with Crippen molar-refractivity contribution < 1.29 is 19.4 Å². The van der Waals surface area contributed by atoms with Crippen LogP contribution >= 0.6 is 0 Å². The zero-order chi connectivity index (χ0) is 19.3. The van der Waals surface area contributed by atoms with E-state index in [-0.39, 0.29) is 29.3 Å². The molecule has 1 N–H and O–H groups in total. The van der Waals surface area contributed by atoms with Crippen molar-refractivity contribution in [3.8, 4) is 0 Å². The highest BCUT2D eigenvalue weighted by molar-refractivity contribution is 5.75. The van der Waals surface area contributed by atoms with Crippen molar-refractivity contribution in [3.05, 3.63) is 23.3 Å². The largest absolute Gasteiger partial charge is 0.481 e. The first-order valence-corrected chi connectivity index (χ1v) is 9.91. The van der Waals surface area contributed by atoms with E-state index in [9.17, 15) is 14.7 Å². The molecule has 144 valence electrons. The quantitative estimate of drug-likeness (QED) is 0.738. The van der Waals surface area contributed by atoms with Gasteiger partial charge in [-0.25, -0.2) is 0 Å². The summed E-state index contributed by atoms with van der Waals surface area (Å²) in [6.07, 6.45) is 8.64. The molecule has 0 amide bonds. The maximum absolute atomic E-state index is 12.1. The Balaban J connectivity index is 2.03. The van der Waals surface area contributed by atoms with Gasteiger partial charge in [-0.2, -0.15) is 0 Å². The van der Waals surface area contributed by atoms with Crippen LogP contribution in [-0.2, 0) is 14.3 Å². The zero-order valence-electron chi connectivity index (χ0n) is 16.7. The van der Waals surface area contributed by atoms with Crippen LogP contribution in [-0.4, -0.2) is 23.1 Å². The van der Waals surface area contributed by atoms with E-state index in [2.05, 4.69) is 32.9 Å². The third-order valence-corrected chi connectivity index (χ3v) is 7.38. The van der Waals surface area contributed by atoms with Crippen molar-refractivity contribution >= 4 is 11.9 Å². The maximum Gasteiger partial charge on any atom is 0.309 e. The molecule has 0 bridgehead atoms. The Labute approximate surface area is 156 Å². The van der Waals surface area contributed by atoms with Crippen LogP contribution in [0.2, 0.25) is 0 Å². The fourth-order valence-corrected chi connectivity index (χ4v) is 5.95. The van der Waals surface area contributed by atoms with Crippen LogP contribution in [0.3, 0.4) is 0 Å². The highest BCUT2D eigenvalue weighted by Crippen LogP contribution is 2.62. The van der Waals surface area contributed by atoms with Crippen molar-refractivity contribution in [2.45, 2.75) is 72.8 Å². The van der Waals surface area contributed by atoms with Gasteiger partial charge in [0.25, 0.3) is 0 Å². The van der Waals surface area contributed by atoms with Gasteiger partial charge in [0.2, 0.25) is 0 Å². The fraction of sp³-hybridized carbons (Fsp3) is 0.727. The number of fused-ring (bicyclic) bond motifs is 3. The van der Waals surface area contributed by atoms with E-state index in [1.807, 2.05) is 6.92 Å². The van der Waals surface area contributed by atoms with Gasteiger partial charge in [0.05, 0.1) is 5.41 Å². The van der Waals surface area contributed by atoms with Gasteiger partial charge in [-0.15, -0.1) is 0 Å². The number of carbonyl (C=O) groups is 2. The lowest BCUT2D eigenvalue weighted by Gasteiger charge is -2.57. The number of esters is 1. The predicted octanol–water partition coefficient (Wildman–Crippen LogP) is 4.75. The van der Waals surface area contributed by atoms with Crippen molar-refractivity contribution in [1.82, 2.24) is 0 Å². The van der Waals surface area contributed by atoms with Crippen molar-refractivity contribution in [2.75, 3.05) is 0 Å². The van der Waals surface area contributed by atoms with Crippen LogP contribution in [0.15, 0.2) is 23.3 Å². The molecule has 0 aromatic heterocycles. The summed E-state index contributed by atoms with van der Waals surface area (Å²) in [5.41, 5.74) is 1.77. The number of allylic oxidation sites excluding steroid dienone is 3. The molecule has 4 nitrogen and oxygen atoms in total. The average molecular weight is 360 g/mol. The number of carboxylic acids is 1. The van der Waals surface area contributed by atoms with Crippen LogP contribution in [0.1, 0.15) is 66.7 Å². The van der Waals surface area contributed by atoms with E-state index in [4.69, 9.17) is 4.74 Å². The number of carbonyl (C=O) groups excluding carboxylic acids is 1. The van der Waals surface area contributed by atoms with Crippen molar-refractivity contribution in [1.29, 1.82) is 0 Å². The lowest BCUT2D eigenvalue weighted by Crippen LogP contribution is -2.54. The molecule has 0 aliphatic heterocycles. The van der Waals surface area contributed by atoms with Crippen LogP contribution < -0.4 is 0 Å². The highest BCUT2D eigenvalue weighted by atomic mass is 16.5. The van der Waals surface area contributed by atoms with Crippen LogP contribution in [0.5, 0.6) is 0 Å². The van der Waals surface area contributed by atoms with Gasteiger partial charge in [0, 0.05) is 6.92 Å². The first kappa shape index (κ1) is 19.2. The van der Waals surface area contributed by atoms with Crippen LogP contribution in [0.4, 0.5) is 0 Å². The second-order valence-corrected chi connectivity index (χ2v) is 9.26. The molecule has 0 spiro atoms. The van der Waals surface area contributed by atoms with Gasteiger partial charge in [-0.05, 0) is 66.9 Å². The monoisotopic (exact) mass is 360 g/mol. The van der Waals surface area contributed by atoms with Crippen molar-refractivity contribution in [2.24, 2.45) is 28.6 Å². The number of aliphatic carboxylic acids is 1. The molecule has 3 rings (SSSR count). The number of ether oxygens (including phenoxy) is 1. The van der Waals surface area contributed by atoms with Crippen LogP contribution in [0, 0.1) is 28.6 Å². The molecule has 0 aromatic rings. The molecule has 0 heterocycles. The molecule has 4 heteroatoms. The summed E-state index contributed by atoms with van der Waals surface area (Å²) in [7, 11) is 0. The maximum atomic E-state index is 12.1. The summed E-state index contributed by atoms with van der Waals surface area (Å²) < 4.78 is 5.69. The van der Waals surface area contributed by atoms with Gasteiger partial charge in [-0.1, -0.05) is 39.3 Å². The first-order valence-electron chi connectivity index (χ1n) is 9.91. The Kier molecular flexibility index (Phi) is 4.83. The molecule has 0 unspecified atom stereocenters. The fourth-order valence-electron chi connectivity index (χ4n) is 5.95. The SMILES string of the molecule is CC(=O)O[C@H]1C[C@H]2C(=CC[C@@H]3[C@]2(C)CCC[C@@]3(C)C(=O)O)C=C1C(C)C. The summed E-state index contributed by atoms with van der Waals surface area (Å²) in [4.78, 5) is 23.7. The molecule has 5 atom stereocenters. The topological polar surface area (TPSA) is 63.6 Å². The number of rotatable bonds is 3. The smallest absolute Gasteiger partial charge is 0.309 e. The zero-order valence-corrected chi connectivity index (χ0v) is 16.7. The second-order valence-electron chi connectivity index (χ2n) is 9.26. The lowest BCUT2D eigenvalue weighted by molar-refractivity contribution is -0.163. The Morgan fingerprint density at radius 3 is 2.54 bits per heavy atom. The summed E-state index contributed by atoms with van der Waals surface area (Å²) in [5, 5.41) is 9.93. The third-order valence-electron chi connectivity index (χ3n) is 7.38. The van der Waals surface area contributed by atoms with Gasteiger partial charge in [0.1, 0.15) is 6.10 Å². The Morgan fingerprint density at radius 2 is 1.96 bits per heavy atom. The molecule has 0 radical (unpaired) electrons. The number of hydrogen-bond acceptors (Lipinski definition) is 3. The molecule has 3 aliphatic carbocycles. The Bertz CT molecular complexity index is 674. The first-order chi connectivity index (χ1) is 12.1. The van der Waals surface area contributed by atoms with Gasteiger partial charge < -0.3 is 9.84 Å². The standard InChI is InChI=1S/C22H32O4/c1-13(2)16-11-15-7-8-19-21(4,9-6-10-22(19,5)20(24)25)17(15)12-18(16)26-14(3)23/h7,11,13,17-19H,6,8-10,12H2,1-5H3,(H,24,25)/t17-,18-,19+,21+,22+/m0/s1. The number of hydrogen-bond donors (Lipinski definition) is 1. The minimum Gasteiger partial charge on any atom is -0.481 e. The molecule has 1 fully saturated rings. The molecule has 1 saturated carbocycles. The molecule has 26 heavy (non-hydrogen) atoms. The predicted molar refractivity (Wildman–Crippen MR) is 100 cm³/mol.